The summed E-state index contributed by atoms with van der Waals surface area (Å²) in [6.45, 7) is 6.25. The standard InChI is InChI=1S/C11H20N4/c1-2-15-11(5-6-13-15)9-14-7-3-4-10(12)8-14/h5-6,10H,2-4,7-9,12H2,1H3/t10-/m1/s1. The Hall–Kier alpha value is -0.870. The topological polar surface area (TPSA) is 47.1 Å². The van der Waals surface area contributed by atoms with E-state index in [1.54, 1.807) is 0 Å². The van der Waals surface area contributed by atoms with E-state index in [-0.39, 0.29) is 0 Å². The molecule has 0 radical (unpaired) electrons. The van der Waals surface area contributed by atoms with Gasteiger partial charge in [-0.25, -0.2) is 0 Å². The number of aromatic nitrogens is 2. The van der Waals surface area contributed by atoms with Crippen LogP contribution in [0, 0.1) is 0 Å². The largest absolute Gasteiger partial charge is 0.327 e. The van der Waals surface area contributed by atoms with Gasteiger partial charge in [-0.3, -0.25) is 9.58 Å². The molecule has 2 rings (SSSR count). The molecular weight excluding hydrogens is 188 g/mol. The molecule has 1 aromatic heterocycles. The Morgan fingerprint density at radius 3 is 3.20 bits per heavy atom. The Bertz CT molecular complexity index is 307. The van der Waals surface area contributed by atoms with E-state index >= 15 is 0 Å². The molecule has 1 aliphatic heterocycles. The van der Waals surface area contributed by atoms with Crippen LogP contribution in [0.2, 0.25) is 0 Å². The monoisotopic (exact) mass is 208 g/mol. The lowest BCUT2D eigenvalue weighted by Gasteiger charge is -2.30. The normalized spacial score (nSPS) is 23.2. The van der Waals surface area contributed by atoms with Crippen LogP contribution in [0.25, 0.3) is 0 Å². The second kappa shape index (κ2) is 4.77. The maximum Gasteiger partial charge on any atom is 0.0524 e. The van der Waals surface area contributed by atoms with Crippen molar-refractivity contribution in [3.8, 4) is 0 Å². The highest BCUT2D eigenvalue weighted by atomic mass is 15.3. The fraction of sp³-hybridized carbons (Fsp3) is 0.727. The van der Waals surface area contributed by atoms with E-state index in [1.165, 1.54) is 25.1 Å². The van der Waals surface area contributed by atoms with Crippen LogP contribution in [0.5, 0.6) is 0 Å². The summed E-state index contributed by atoms with van der Waals surface area (Å²) >= 11 is 0. The zero-order valence-corrected chi connectivity index (χ0v) is 9.39. The molecule has 84 valence electrons. The van der Waals surface area contributed by atoms with E-state index in [1.807, 2.05) is 6.20 Å². The lowest BCUT2D eigenvalue weighted by atomic mass is 10.1. The molecule has 4 heteroatoms. The summed E-state index contributed by atoms with van der Waals surface area (Å²) in [6.07, 6.45) is 4.27. The van der Waals surface area contributed by atoms with Crippen LogP contribution < -0.4 is 5.73 Å². The summed E-state index contributed by atoms with van der Waals surface area (Å²) in [5.74, 6) is 0. The minimum Gasteiger partial charge on any atom is -0.327 e. The van der Waals surface area contributed by atoms with Crippen molar-refractivity contribution in [2.45, 2.75) is 38.9 Å². The molecule has 1 saturated heterocycles. The average molecular weight is 208 g/mol. The quantitative estimate of drug-likeness (QED) is 0.800. The number of piperidine rings is 1. The van der Waals surface area contributed by atoms with Crippen LogP contribution in [0.1, 0.15) is 25.5 Å². The second-order valence-corrected chi connectivity index (χ2v) is 4.28. The fourth-order valence-corrected chi connectivity index (χ4v) is 2.24. The molecular formula is C11H20N4. The van der Waals surface area contributed by atoms with Crippen molar-refractivity contribution >= 4 is 0 Å². The summed E-state index contributed by atoms with van der Waals surface area (Å²) in [5, 5.41) is 4.28. The second-order valence-electron chi connectivity index (χ2n) is 4.28. The predicted octanol–water partition coefficient (Wildman–Crippen LogP) is 0.826. The number of aryl methyl sites for hydroxylation is 1. The van der Waals surface area contributed by atoms with Crippen molar-refractivity contribution in [1.82, 2.24) is 14.7 Å². The minimum absolute atomic E-state index is 0.358. The molecule has 2 heterocycles. The van der Waals surface area contributed by atoms with Gasteiger partial charge in [-0.2, -0.15) is 5.10 Å². The maximum absolute atomic E-state index is 5.96. The van der Waals surface area contributed by atoms with Crippen LogP contribution in [0.15, 0.2) is 12.3 Å². The molecule has 1 fully saturated rings. The number of hydrogen-bond acceptors (Lipinski definition) is 3. The van der Waals surface area contributed by atoms with E-state index in [4.69, 9.17) is 5.73 Å². The van der Waals surface area contributed by atoms with E-state index < -0.39 is 0 Å². The summed E-state index contributed by atoms with van der Waals surface area (Å²) in [5.41, 5.74) is 7.26. The highest BCUT2D eigenvalue weighted by Crippen LogP contribution is 2.12. The van der Waals surface area contributed by atoms with Crippen molar-refractivity contribution in [3.05, 3.63) is 18.0 Å². The van der Waals surface area contributed by atoms with Gasteiger partial charge >= 0.3 is 0 Å². The Morgan fingerprint density at radius 1 is 1.60 bits per heavy atom. The smallest absolute Gasteiger partial charge is 0.0524 e. The van der Waals surface area contributed by atoms with Gasteiger partial charge < -0.3 is 5.73 Å². The third kappa shape index (κ3) is 2.58. The van der Waals surface area contributed by atoms with Gasteiger partial charge in [0.2, 0.25) is 0 Å². The van der Waals surface area contributed by atoms with Gasteiger partial charge in [-0.1, -0.05) is 0 Å². The van der Waals surface area contributed by atoms with Gasteiger partial charge in [-0.15, -0.1) is 0 Å². The van der Waals surface area contributed by atoms with Crippen molar-refractivity contribution in [1.29, 1.82) is 0 Å². The molecule has 0 unspecified atom stereocenters. The van der Waals surface area contributed by atoms with Gasteiger partial charge in [0, 0.05) is 31.9 Å². The Balaban J connectivity index is 1.96. The number of nitrogens with zero attached hydrogens (tertiary/aromatic N) is 3. The molecule has 2 N–H and O–H groups in total. The summed E-state index contributed by atoms with van der Waals surface area (Å²) in [7, 11) is 0. The number of rotatable bonds is 3. The third-order valence-electron chi connectivity index (χ3n) is 3.03. The molecule has 0 spiro atoms. The molecule has 1 aliphatic rings. The molecule has 0 aliphatic carbocycles. The molecule has 0 aromatic carbocycles. The fourth-order valence-electron chi connectivity index (χ4n) is 2.24. The minimum atomic E-state index is 0.358. The molecule has 1 atom stereocenters. The van der Waals surface area contributed by atoms with Gasteiger partial charge in [0.1, 0.15) is 0 Å². The first-order valence-corrected chi connectivity index (χ1v) is 5.78. The average Bonchev–Trinajstić information content (AvgIpc) is 2.65. The molecule has 15 heavy (non-hydrogen) atoms. The zero-order valence-electron chi connectivity index (χ0n) is 9.39. The lowest BCUT2D eigenvalue weighted by molar-refractivity contribution is 0.196. The van der Waals surface area contributed by atoms with E-state index in [9.17, 15) is 0 Å². The third-order valence-corrected chi connectivity index (χ3v) is 3.03. The summed E-state index contributed by atoms with van der Waals surface area (Å²) in [6, 6.07) is 2.46. The van der Waals surface area contributed by atoms with Crippen LogP contribution in [0.3, 0.4) is 0 Å². The first kappa shape index (κ1) is 10.6. The molecule has 0 saturated carbocycles. The first-order chi connectivity index (χ1) is 7.29. The van der Waals surface area contributed by atoms with Crippen molar-refractivity contribution in [2.24, 2.45) is 5.73 Å². The predicted molar refractivity (Wildman–Crippen MR) is 60.4 cm³/mol. The highest BCUT2D eigenvalue weighted by molar-refractivity contribution is 5.00. The van der Waals surface area contributed by atoms with E-state index in [0.29, 0.717) is 6.04 Å². The van der Waals surface area contributed by atoms with Gasteiger partial charge in [0.25, 0.3) is 0 Å². The lowest BCUT2D eigenvalue weighted by Crippen LogP contribution is -2.42. The highest BCUT2D eigenvalue weighted by Gasteiger charge is 2.17. The van der Waals surface area contributed by atoms with Crippen molar-refractivity contribution in [3.63, 3.8) is 0 Å². The van der Waals surface area contributed by atoms with Gasteiger partial charge in [0.05, 0.1) is 5.69 Å². The number of hydrogen-bond donors (Lipinski definition) is 1. The molecule has 0 amide bonds. The van der Waals surface area contributed by atoms with Crippen LogP contribution in [-0.4, -0.2) is 33.8 Å². The Morgan fingerprint density at radius 2 is 2.47 bits per heavy atom. The first-order valence-electron chi connectivity index (χ1n) is 5.78. The molecule has 0 bridgehead atoms. The number of likely N-dealkylation sites (tertiary alicyclic amines) is 1. The van der Waals surface area contributed by atoms with Gasteiger partial charge in [-0.05, 0) is 32.4 Å². The van der Waals surface area contributed by atoms with Gasteiger partial charge in [0.15, 0.2) is 0 Å². The van der Waals surface area contributed by atoms with E-state index in [0.717, 1.165) is 19.6 Å². The molecule has 4 nitrogen and oxygen atoms in total. The van der Waals surface area contributed by atoms with Crippen LogP contribution >= 0.6 is 0 Å². The Kier molecular flexibility index (Phi) is 3.38. The van der Waals surface area contributed by atoms with Crippen molar-refractivity contribution in [2.75, 3.05) is 13.1 Å². The van der Waals surface area contributed by atoms with E-state index in [2.05, 4.69) is 27.7 Å². The summed E-state index contributed by atoms with van der Waals surface area (Å²) < 4.78 is 2.06. The van der Waals surface area contributed by atoms with Crippen LogP contribution in [-0.2, 0) is 13.1 Å². The molecule has 1 aromatic rings. The number of nitrogens with two attached hydrogens (primary N) is 1. The van der Waals surface area contributed by atoms with Crippen LogP contribution in [0.4, 0.5) is 0 Å². The Labute approximate surface area is 91.1 Å². The summed E-state index contributed by atoms with van der Waals surface area (Å²) in [4.78, 5) is 2.43. The zero-order chi connectivity index (χ0) is 10.7. The SMILES string of the molecule is CCn1nccc1CN1CCC[C@@H](N)C1. The maximum atomic E-state index is 5.96. The van der Waals surface area contributed by atoms with Crippen molar-refractivity contribution < 1.29 is 0 Å².